The lowest BCUT2D eigenvalue weighted by molar-refractivity contribution is -0.118. The predicted octanol–water partition coefficient (Wildman–Crippen LogP) is 1.45. The largest absolute Gasteiger partial charge is 0.483 e. The smallest absolute Gasteiger partial charge is 0.268 e. The number of amides is 2. The van der Waals surface area contributed by atoms with E-state index in [9.17, 15) is 14.0 Å². The molecule has 4 N–H and O–H groups in total. The molecule has 7 heteroatoms. The molecule has 2 aromatic carbocycles. The van der Waals surface area contributed by atoms with Gasteiger partial charge in [0, 0.05) is 5.69 Å². The molecular formula is C15H14FN3O3. The molecule has 0 atom stereocenters. The number of hydrogen-bond acceptors (Lipinski definition) is 4. The van der Waals surface area contributed by atoms with E-state index in [1.165, 1.54) is 30.3 Å². The summed E-state index contributed by atoms with van der Waals surface area (Å²) in [6.45, 7) is -0.299. The number of hydrogen-bond donors (Lipinski definition) is 3. The van der Waals surface area contributed by atoms with Crippen molar-refractivity contribution in [3.05, 3.63) is 59.9 Å². The molecule has 0 aliphatic carbocycles. The minimum absolute atomic E-state index is 0.222. The molecule has 22 heavy (non-hydrogen) atoms. The lowest BCUT2D eigenvalue weighted by Gasteiger charge is -2.10. The third-order valence-corrected chi connectivity index (χ3v) is 2.75. The summed E-state index contributed by atoms with van der Waals surface area (Å²) in [4.78, 5) is 23.3. The Balaban J connectivity index is 1.96. The van der Waals surface area contributed by atoms with Gasteiger partial charge >= 0.3 is 0 Å². The molecule has 2 aromatic rings. The summed E-state index contributed by atoms with van der Waals surface area (Å²) >= 11 is 0. The van der Waals surface area contributed by atoms with Crippen LogP contribution in [0, 0.1) is 5.82 Å². The molecule has 0 bridgehead atoms. The van der Waals surface area contributed by atoms with Gasteiger partial charge in [0.1, 0.15) is 11.6 Å². The topological polar surface area (TPSA) is 93.4 Å². The number of benzene rings is 2. The summed E-state index contributed by atoms with van der Waals surface area (Å²) in [6, 6.07) is 11.7. The standard InChI is InChI=1S/C15H14FN3O3/c16-10-5-7-11(8-6-10)18-14(20)9-22-13-4-2-1-3-12(13)15(21)19-17/h1-8H,9,17H2,(H,18,20)(H,19,21). The van der Waals surface area contributed by atoms with Gasteiger partial charge in [0.05, 0.1) is 5.56 Å². The summed E-state index contributed by atoms with van der Waals surface area (Å²) < 4.78 is 18.1. The number of anilines is 1. The van der Waals surface area contributed by atoms with E-state index in [-0.39, 0.29) is 17.9 Å². The highest BCUT2D eigenvalue weighted by Gasteiger charge is 2.12. The van der Waals surface area contributed by atoms with Gasteiger partial charge in [-0.05, 0) is 36.4 Å². The van der Waals surface area contributed by atoms with Crippen LogP contribution in [0.2, 0.25) is 0 Å². The number of ether oxygens (including phenoxy) is 1. The third-order valence-electron chi connectivity index (χ3n) is 2.75. The summed E-state index contributed by atoms with van der Waals surface area (Å²) in [7, 11) is 0. The number of carbonyl (C=O) groups excluding carboxylic acids is 2. The summed E-state index contributed by atoms with van der Waals surface area (Å²) in [5.41, 5.74) is 2.67. The van der Waals surface area contributed by atoms with Crippen LogP contribution in [0.25, 0.3) is 0 Å². The Morgan fingerprint density at radius 3 is 2.45 bits per heavy atom. The molecule has 6 nitrogen and oxygen atoms in total. The number of nitrogens with one attached hydrogen (secondary N) is 2. The van der Waals surface area contributed by atoms with Crippen molar-refractivity contribution in [2.45, 2.75) is 0 Å². The second-order valence-electron chi connectivity index (χ2n) is 4.31. The van der Waals surface area contributed by atoms with Gasteiger partial charge in [-0.15, -0.1) is 0 Å². The number of nitrogen functional groups attached to an aromatic ring is 1. The zero-order chi connectivity index (χ0) is 15.9. The van der Waals surface area contributed by atoms with E-state index < -0.39 is 17.6 Å². The predicted molar refractivity (Wildman–Crippen MR) is 78.6 cm³/mol. The van der Waals surface area contributed by atoms with E-state index in [1.54, 1.807) is 18.2 Å². The lowest BCUT2D eigenvalue weighted by Crippen LogP contribution is -2.30. The van der Waals surface area contributed by atoms with Crippen LogP contribution in [0.1, 0.15) is 10.4 Å². The van der Waals surface area contributed by atoms with Crippen LogP contribution >= 0.6 is 0 Å². The Kier molecular flexibility index (Phi) is 5.05. The molecule has 0 aromatic heterocycles. The van der Waals surface area contributed by atoms with Gasteiger partial charge in [-0.25, -0.2) is 10.2 Å². The average Bonchev–Trinajstić information content (AvgIpc) is 2.54. The fourth-order valence-electron chi connectivity index (χ4n) is 1.73. The van der Waals surface area contributed by atoms with Crippen LogP contribution in [0.3, 0.4) is 0 Å². The van der Waals surface area contributed by atoms with E-state index in [1.807, 2.05) is 5.43 Å². The van der Waals surface area contributed by atoms with Gasteiger partial charge in [-0.1, -0.05) is 12.1 Å². The molecule has 0 saturated heterocycles. The highest BCUT2D eigenvalue weighted by molar-refractivity contribution is 5.97. The van der Waals surface area contributed by atoms with Crippen molar-refractivity contribution in [2.75, 3.05) is 11.9 Å². The van der Waals surface area contributed by atoms with E-state index in [0.29, 0.717) is 5.69 Å². The molecule has 0 spiro atoms. The molecule has 0 saturated carbocycles. The first-order valence-electron chi connectivity index (χ1n) is 6.38. The van der Waals surface area contributed by atoms with Gasteiger partial charge < -0.3 is 10.1 Å². The molecular weight excluding hydrogens is 289 g/mol. The maximum atomic E-state index is 12.8. The molecule has 0 heterocycles. The van der Waals surface area contributed by atoms with Crippen LogP contribution in [0.5, 0.6) is 5.75 Å². The number of rotatable bonds is 5. The van der Waals surface area contributed by atoms with Crippen molar-refractivity contribution in [3.8, 4) is 5.75 Å². The maximum Gasteiger partial charge on any atom is 0.268 e. The van der Waals surface area contributed by atoms with Crippen LogP contribution in [0.4, 0.5) is 10.1 Å². The highest BCUT2D eigenvalue weighted by atomic mass is 19.1. The molecule has 0 aliphatic heterocycles. The molecule has 0 radical (unpaired) electrons. The second kappa shape index (κ2) is 7.19. The van der Waals surface area contributed by atoms with Crippen LogP contribution in [0.15, 0.2) is 48.5 Å². The van der Waals surface area contributed by atoms with E-state index in [2.05, 4.69) is 5.32 Å². The third kappa shape index (κ3) is 4.03. The minimum atomic E-state index is -0.519. The first-order chi connectivity index (χ1) is 10.6. The number of carbonyl (C=O) groups is 2. The SMILES string of the molecule is NNC(=O)c1ccccc1OCC(=O)Nc1ccc(F)cc1. The highest BCUT2D eigenvalue weighted by Crippen LogP contribution is 2.17. The van der Waals surface area contributed by atoms with E-state index in [4.69, 9.17) is 10.6 Å². The molecule has 2 amide bonds. The zero-order valence-electron chi connectivity index (χ0n) is 11.5. The minimum Gasteiger partial charge on any atom is -0.483 e. The van der Waals surface area contributed by atoms with Crippen molar-refractivity contribution in [1.29, 1.82) is 0 Å². The monoisotopic (exact) mass is 303 g/mol. The molecule has 0 unspecified atom stereocenters. The van der Waals surface area contributed by atoms with Crippen LogP contribution < -0.4 is 21.3 Å². The number of hydrazine groups is 1. The molecule has 114 valence electrons. The zero-order valence-corrected chi connectivity index (χ0v) is 11.5. The molecule has 2 rings (SSSR count). The first kappa shape index (κ1) is 15.5. The van der Waals surface area contributed by atoms with Crippen LogP contribution in [-0.2, 0) is 4.79 Å². The van der Waals surface area contributed by atoms with Gasteiger partial charge in [-0.2, -0.15) is 0 Å². The Morgan fingerprint density at radius 1 is 1.09 bits per heavy atom. The summed E-state index contributed by atoms with van der Waals surface area (Å²) in [6.07, 6.45) is 0. The van der Waals surface area contributed by atoms with Gasteiger partial charge in [0.15, 0.2) is 6.61 Å². The normalized spacial score (nSPS) is 9.91. The van der Waals surface area contributed by atoms with Gasteiger partial charge in [0.2, 0.25) is 0 Å². The van der Waals surface area contributed by atoms with E-state index in [0.717, 1.165) is 0 Å². The van der Waals surface area contributed by atoms with Gasteiger partial charge in [-0.3, -0.25) is 15.0 Å². The Labute approximate surface area is 126 Å². The second-order valence-corrected chi connectivity index (χ2v) is 4.31. The van der Waals surface area contributed by atoms with Crippen molar-refractivity contribution in [2.24, 2.45) is 5.84 Å². The van der Waals surface area contributed by atoms with Crippen LogP contribution in [-0.4, -0.2) is 18.4 Å². The molecule has 0 fully saturated rings. The van der Waals surface area contributed by atoms with Gasteiger partial charge in [0.25, 0.3) is 11.8 Å². The van der Waals surface area contributed by atoms with Crippen molar-refractivity contribution < 1.29 is 18.7 Å². The first-order valence-corrected chi connectivity index (χ1v) is 6.38. The Morgan fingerprint density at radius 2 is 1.77 bits per heavy atom. The van der Waals surface area contributed by atoms with Crippen molar-refractivity contribution in [3.63, 3.8) is 0 Å². The van der Waals surface area contributed by atoms with Crippen molar-refractivity contribution >= 4 is 17.5 Å². The summed E-state index contributed by atoms with van der Waals surface area (Å²) in [5.74, 6) is 3.97. The number of nitrogens with two attached hydrogens (primary N) is 1. The lowest BCUT2D eigenvalue weighted by atomic mass is 10.2. The maximum absolute atomic E-state index is 12.8. The number of halogens is 1. The Bertz CT molecular complexity index is 674. The fraction of sp³-hybridized carbons (Fsp3) is 0.0667. The average molecular weight is 303 g/mol. The Hall–Kier alpha value is -2.93. The van der Waals surface area contributed by atoms with Crippen molar-refractivity contribution in [1.82, 2.24) is 5.43 Å². The fourth-order valence-corrected chi connectivity index (χ4v) is 1.73. The number of para-hydroxylation sites is 1. The van der Waals surface area contributed by atoms with E-state index >= 15 is 0 Å². The summed E-state index contributed by atoms with van der Waals surface area (Å²) in [5, 5.41) is 2.55. The quantitative estimate of drug-likeness (QED) is 0.443. The molecule has 0 aliphatic rings.